The van der Waals surface area contributed by atoms with Gasteiger partial charge in [0.25, 0.3) is 0 Å². The number of ether oxygens (including phenoxy) is 1. The molecule has 0 spiro atoms. The van der Waals surface area contributed by atoms with Crippen molar-refractivity contribution in [1.29, 1.82) is 0 Å². The Morgan fingerprint density at radius 3 is 3.00 bits per heavy atom. The Kier molecular flexibility index (Phi) is 2.74. The first-order valence-electron chi connectivity index (χ1n) is 4.19. The van der Waals surface area contributed by atoms with E-state index in [0.717, 1.165) is 17.0 Å². The van der Waals surface area contributed by atoms with Gasteiger partial charge in [-0.05, 0) is 40.8 Å². The fourth-order valence-corrected chi connectivity index (χ4v) is 1.74. The maximum absolute atomic E-state index is 5.74. The van der Waals surface area contributed by atoms with Crippen molar-refractivity contribution in [3.05, 3.63) is 21.8 Å². The van der Waals surface area contributed by atoms with Crippen molar-refractivity contribution in [2.45, 2.75) is 12.8 Å². The predicted octanol–water partition coefficient (Wildman–Crippen LogP) is 3.29. The number of nitrogens with zero attached hydrogens (tertiary/aromatic N) is 1. The van der Waals surface area contributed by atoms with Gasteiger partial charge in [-0.3, -0.25) is 0 Å². The van der Waals surface area contributed by atoms with Gasteiger partial charge in [-0.25, -0.2) is 4.98 Å². The summed E-state index contributed by atoms with van der Waals surface area (Å²) >= 11 is 9.09. The number of aromatic nitrogens is 1. The van der Waals surface area contributed by atoms with Gasteiger partial charge in [-0.2, -0.15) is 0 Å². The van der Waals surface area contributed by atoms with E-state index in [-0.39, 0.29) is 0 Å². The fourth-order valence-electron chi connectivity index (χ4n) is 0.990. The molecule has 4 heteroatoms. The first-order valence-corrected chi connectivity index (χ1v) is 5.36. The number of hydrogen-bond donors (Lipinski definition) is 0. The van der Waals surface area contributed by atoms with Crippen molar-refractivity contribution < 1.29 is 4.74 Å². The lowest BCUT2D eigenvalue weighted by molar-refractivity contribution is 0.286. The average Bonchev–Trinajstić information content (AvgIpc) is 2.86. The highest BCUT2D eigenvalue weighted by atomic mass is 79.9. The van der Waals surface area contributed by atoms with Gasteiger partial charge in [-0.1, -0.05) is 11.6 Å². The van der Waals surface area contributed by atoms with E-state index < -0.39 is 0 Å². The van der Waals surface area contributed by atoms with E-state index in [9.17, 15) is 0 Å². The molecule has 0 amide bonds. The van der Waals surface area contributed by atoms with Gasteiger partial charge in [0.2, 0.25) is 5.88 Å². The summed E-state index contributed by atoms with van der Waals surface area (Å²) < 4.78 is 6.32. The Morgan fingerprint density at radius 1 is 1.62 bits per heavy atom. The number of pyridine rings is 1. The lowest BCUT2D eigenvalue weighted by atomic mass is 10.4. The van der Waals surface area contributed by atoms with Gasteiger partial charge in [0, 0.05) is 6.20 Å². The van der Waals surface area contributed by atoms with Crippen LogP contribution in [0.1, 0.15) is 12.8 Å². The van der Waals surface area contributed by atoms with E-state index in [1.54, 1.807) is 12.3 Å². The van der Waals surface area contributed by atoms with Gasteiger partial charge in [0.1, 0.15) is 0 Å². The van der Waals surface area contributed by atoms with Crippen molar-refractivity contribution >= 4 is 27.5 Å². The first kappa shape index (κ1) is 9.28. The zero-order chi connectivity index (χ0) is 9.26. The van der Waals surface area contributed by atoms with Crippen LogP contribution in [0.15, 0.2) is 16.7 Å². The molecule has 0 unspecified atom stereocenters. The van der Waals surface area contributed by atoms with Crippen molar-refractivity contribution in [3.63, 3.8) is 0 Å². The molecule has 2 rings (SSSR count). The molecule has 1 fully saturated rings. The van der Waals surface area contributed by atoms with Gasteiger partial charge in [0.05, 0.1) is 16.1 Å². The molecular weight excluding hydrogens is 253 g/mol. The molecular formula is C9H9BrClNO. The third-order valence-electron chi connectivity index (χ3n) is 1.93. The standard InChI is InChI=1S/C9H9BrClNO/c10-8-3-7(11)4-12-9(8)13-5-6-1-2-6/h3-4,6H,1-2,5H2. The normalized spacial score (nSPS) is 15.8. The molecule has 0 saturated heterocycles. The Morgan fingerprint density at radius 2 is 2.38 bits per heavy atom. The summed E-state index contributed by atoms with van der Waals surface area (Å²) in [4.78, 5) is 4.08. The average molecular weight is 263 g/mol. The fraction of sp³-hybridized carbons (Fsp3) is 0.444. The second-order valence-electron chi connectivity index (χ2n) is 3.19. The third-order valence-corrected chi connectivity index (χ3v) is 2.70. The van der Waals surface area contributed by atoms with Crippen LogP contribution < -0.4 is 4.74 Å². The maximum atomic E-state index is 5.74. The lowest BCUT2D eigenvalue weighted by Crippen LogP contribution is -2.00. The molecule has 0 aromatic carbocycles. The maximum Gasteiger partial charge on any atom is 0.228 e. The van der Waals surface area contributed by atoms with Crippen molar-refractivity contribution in [2.75, 3.05) is 6.61 Å². The summed E-state index contributed by atoms with van der Waals surface area (Å²) in [5, 5.41) is 0.616. The second kappa shape index (κ2) is 3.84. The molecule has 1 aliphatic rings. The molecule has 0 N–H and O–H groups in total. The summed E-state index contributed by atoms with van der Waals surface area (Å²) in [5.74, 6) is 1.38. The van der Waals surface area contributed by atoms with E-state index >= 15 is 0 Å². The minimum atomic E-state index is 0.616. The lowest BCUT2D eigenvalue weighted by Gasteiger charge is -2.05. The zero-order valence-corrected chi connectivity index (χ0v) is 9.31. The molecule has 13 heavy (non-hydrogen) atoms. The second-order valence-corrected chi connectivity index (χ2v) is 4.49. The Hall–Kier alpha value is -0.280. The minimum absolute atomic E-state index is 0.616. The van der Waals surface area contributed by atoms with Gasteiger partial charge in [0.15, 0.2) is 0 Å². The summed E-state index contributed by atoms with van der Waals surface area (Å²) in [6.45, 7) is 0.771. The SMILES string of the molecule is Clc1cnc(OCC2CC2)c(Br)c1. The molecule has 1 aromatic heterocycles. The van der Waals surface area contributed by atoms with Crippen LogP contribution in [0.4, 0.5) is 0 Å². The van der Waals surface area contributed by atoms with Crippen LogP contribution in [0, 0.1) is 5.92 Å². The summed E-state index contributed by atoms with van der Waals surface area (Å²) in [6, 6.07) is 1.79. The van der Waals surface area contributed by atoms with E-state index in [1.807, 2.05) is 0 Å². The highest BCUT2D eigenvalue weighted by Crippen LogP contribution is 2.31. The molecule has 1 saturated carbocycles. The third kappa shape index (κ3) is 2.58. The van der Waals surface area contributed by atoms with Crippen LogP contribution in [0.3, 0.4) is 0 Å². The highest BCUT2D eigenvalue weighted by molar-refractivity contribution is 9.10. The van der Waals surface area contributed by atoms with Crippen LogP contribution >= 0.6 is 27.5 Å². The topological polar surface area (TPSA) is 22.1 Å². The van der Waals surface area contributed by atoms with E-state index in [0.29, 0.717) is 10.9 Å². The number of hydrogen-bond acceptors (Lipinski definition) is 2. The Bertz CT molecular complexity index is 314. The molecule has 2 nitrogen and oxygen atoms in total. The molecule has 70 valence electrons. The summed E-state index contributed by atoms with van der Waals surface area (Å²) in [6.07, 6.45) is 4.16. The van der Waals surface area contributed by atoms with Crippen LogP contribution in [0.5, 0.6) is 5.88 Å². The van der Waals surface area contributed by atoms with E-state index in [2.05, 4.69) is 20.9 Å². The van der Waals surface area contributed by atoms with Crippen molar-refractivity contribution in [2.24, 2.45) is 5.92 Å². The largest absolute Gasteiger partial charge is 0.477 e. The monoisotopic (exact) mass is 261 g/mol. The van der Waals surface area contributed by atoms with Gasteiger partial charge < -0.3 is 4.74 Å². The van der Waals surface area contributed by atoms with Crippen LogP contribution in [-0.4, -0.2) is 11.6 Å². The Labute approximate surface area is 90.4 Å². The van der Waals surface area contributed by atoms with Gasteiger partial charge >= 0.3 is 0 Å². The van der Waals surface area contributed by atoms with Gasteiger partial charge in [-0.15, -0.1) is 0 Å². The van der Waals surface area contributed by atoms with Crippen molar-refractivity contribution in [1.82, 2.24) is 4.98 Å². The van der Waals surface area contributed by atoms with Crippen LogP contribution in [0.25, 0.3) is 0 Å². The first-order chi connectivity index (χ1) is 6.25. The molecule has 0 bridgehead atoms. The number of halogens is 2. The summed E-state index contributed by atoms with van der Waals surface area (Å²) in [5.41, 5.74) is 0. The zero-order valence-electron chi connectivity index (χ0n) is 6.96. The Balaban J connectivity index is 2.01. The smallest absolute Gasteiger partial charge is 0.228 e. The molecule has 1 aliphatic carbocycles. The quantitative estimate of drug-likeness (QED) is 0.834. The van der Waals surface area contributed by atoms with Crippen LogP contribution in [0.2, 0.25) is 5.02 Å². The predicted molar refractivity (Wildman–Crippen MR) is 55.2 cm³/mol. The molecule has 0 radical (unpaired) electrons. The number of rotatable bonds is 3. The van der Waals surface area contributed by atoms with E-state index in [1.165, 1.54) is 12.8 Å². The molecule has 0 atom stereocenters. The van der Waals surface area contributed by atoms with Crippen LogP contribution in [-0.2, 0) is 0 Å². The molecule has 1 aromatic rings. The molecule has 1 heterocycles. The minimum Gasteiger partial charge on any atom is -0.477 e. The van der Waals surface area contributed by atoms with Crippen molar-refractivity contribution in [3.8, 4) is 5.88 Å². The van der Waals surface area contributed by atoms with E-state index in [4.69, 9.17) is 16.3 Å². The molecule has 0 aliphatic heterocycles. The summed E-state index contributed by atoms with van der Waals surface area (Å²) in [7, 11) is 0. The highest BCUT2D eigenvalue weighted by Gasteiger charge is 2.22.